The number of carbonyl (C=O) groups is 1. The van der Waals surface area contributed by atoms with Crippen LogP contribution in [0.25, 0.3) is 0 Å². The molecule has 0 fully saturated rings. The highest BCUT2D eigenvalue weighted by Gasteiger charge is 2.16. The summed E-state index contributed by atoms with van der Waals surface area (Å²) < 4.78 is 36.2. The lowest BCUT2D eigenvalue weighted by Crippen LogP contribution is -2.33. The Morgan fingerprint density at radius 2 is 2.09 bits per heavy atom. The van der Waals surface area contributed by atoms with Gasteiger partial charge in [0.15, 0.2) is 0 Å². The fourth-order valence-corrected chi connectivity index (χ4v) is 2.67. The summed E-state index contributed by atoms with van der Waals surface area (Å²) in [5, 5.41) is 0. The first-order valence-corrected chi connectivity index (χ1v) is 9.18. The molecule has 0 aliphatic heterocycles. The molecule has 1 amide bonds. The molecule has 1 N–H and O–H groups in total. The second-order valence-electron chi connectivity index (χ2n) is 5.20. The van der Waals surface area contributed by atoms with Crippen molar-refractivity contribution in [2.45, 2.75) is 39.9 Å². The van der Waals surface area contributed by atoms with E-state index in [0.29, 0.717) is 31.9 Å². The highest BCUT2D eigenvalue weighted by atomic mass is 32.2. The van der Waals surface area contributed by atoms with E-state index in [-0.39, 0.29) is 17.4 Å². The van der Waals surface area contributed by atoms with Gasteiger partial charge in [-0.2, -0.15) is 0 Å². The monoisotopic (exact) mass is 344 g/mol. The van der Waals surface area contributed by atoms with E-state index in [1.807, 2.05) is 25.5 Å². The minimum Gasteiger partial charge on any atom is -0.379 e. The number of nitrogens with one attached hydrogen (secondary N) is 1. The molecule has 7 nitrogen and oxygen atoms in total. The number of aromatic nitrogens is 1. The SMILES string of the molecule is CCOCc1ccc(C(=O)NS(=O)(=O)CCCOC(C)C)cn1. The number of rotatable bonds is 10. The summed E-state index contributed by atoms with van der Waals surface area (Å²) in [6.45, 7) is 6.88. The van der Waals surface area contributed by atoms with Gasteiger partial charge in [0, 0.05) is 19.4 Å². The highest BCUT2D eigenvalue weighted by Crippen LogP contribution is 2.03. The van der Waals surface area contributed by atoms with Gasteiger partial charge in [-0.3, -0.25) is 9.78 Å². The van der Waals surface area contributed by atoms with Crippen molar-refractivity contribution >= 4 is 15.9 Å². The Labute approximate surface area is 137 Å². The predicted molar refractivity (Wildman–Crippen MR) is 86.5 cm³/mol. The van der Waals surface area contributed by atoms with Gasteiger partial charge in [-0.05, 0) is 39.3 Å². The normalized spacial score (nSPS) is 11.7. The van der Waals surface area contributed by atoms with Crippen LogP contribution >= 0.6 is 0 Å². The van der Waals surface area contributed by atoms with Crippen LogP contribution in [-0.2, 0) is 26.1 Å². The van der Waals surface area contributed by atoms with Crippen molar-refractivity contribution in [3.8, 4) is 0 Å². The standard InChI is InChI=1S/C15H24N2O5S/c1-4-21-11-14-7-6-13(10-16-14)15(18)17-23(19,20)9-5-8-22-12(2)3/h6-7,10,12H,4-5,8-9,11H2,1-3H3,(H,17,18). The minimum absolute atomic E-state index is 0.0496. The highest BCUT2D eigenvalue weighted by molar-refractivity contribution is 7.90. The van der Waals surface area contributed by atoms with Gasteiger partial charge in [-0.25, -0.2) is 13.1 Å². The predicted octanol–water partition coefficient (Wildman–Crippen LogP) is 1.49. The number of ether oxygens (including phenoxy) is 2. The minimum atomic E-state index is -3.68. The van der Waals surface area contributed by atoms with Gasteiger partial charge in [-0.1, -0.05) is 0 Å². The number of nitrogens with zero attached hydrogens (tertiary/aromatic N) is 1. The van der Waals surface area contributed by atoms with Crippen LogP contribution < -0.4 is 4.72 Å². The lowest BCUT2D eigenvalue weighted by Gasteiger charge is -2.09. The largest absolute Gasteiger partial charge is 0.379 e. The van der Waals surface area contributed by atoms with Gasteiger partial charge < -0.3 is 9.47 Å². The average molecular weight is 344 g/mol. The van der Waals surface area contributed by atoms with Crippen LogP contribution in [0.15, 0.2) is 18.3 Å². The van der Waals surface area contributed by atoms with Crippen LogP contribution in [0.1, 0.15) is 43.2 Å². The Hall–Kier alpha value is -1.51. The topological polar surface area (TPSA) is 94.6 Å². The van der Waals surface area contributed by atoms with Gasteiger partial charge in [-0.15, -0.1) is 0 Å². The Bertz CT molecular complexity index is 584. The number of carbonyl (C=O) groups excluding carboxylic acids is 1. The maximum atomic E-state index is 11.9. The summed E-state index contributed by atoms with van der Waals surface area (Å²) in [7, 11) is -3.68. The van der Waals surface area contributed by atoms with Crippen LogP contribution in [0, 0.1) is 0 Å². The summed E-state index contributed by atoms with van der Waals surface area (Å²) >= 11 is 0. The summed E-state index contributed by atoms with van der Waals surface area (Å²) in [6, 6.07) is 3.15. The van der Waals surface area contributed by atoms with Crippen molar-refractivity contribution in [1.29, 1.82) is 0 Å². The maximum absolute atomic E-state index is 11.9. The molecule has 1 aromatic rings. The molecule has 130 valence electrons. The van der Waals surface area contributed by atoms with Crippen LogP contribution in [0.3, 0.4) is 0 Å². The van der Waals surface area contributed by atoms with Crippen molar-refractivity contribution in [1.82, 2.24) is 9.71 Å². The van der Waals surface area contributed by atoms with Crippen molar-refractivity contribution in [2.24, 2.45) is 0 Å². The lowest BCUT2D eigenvalue weighted by atomic mass is 10.2. The molecule has 0 aromatic carbocycles. The second kappa shape index (κ2) is 9.59. The summed E-state index contributed by atoms with van der Waals surface area (Å²) in [5.74, 6) is -0.855. The van der Waals surface area contributed by atoms with E-state index in [2.05, 4.69) is 4.98 Å². The third kappa shape index (κ3) is 8.06. The summed E-state index contributed by atoms with van der Waals surface area (Å²) in [4.78, 5) is 16.0. The molecule has 0 atom stereocenters. The first kappa shape index (κ1) is 19.5. The smallest absolute Gasteiger partial charge is 0.266 e. The number of sulfonamides is 1. The molecular weight excluding hydrogens is 320 g/mol. The summed E-state index contributed by atoms with van der Waals surface area (Å²) in [5.41, 5.74) is 0.865. The third-order valence-corrected chi connectivity index (χ3v) is 4.12. The number of hydrogen-bond donors (Lipinski definition) is 1. The molecule has 0 unspecified atom stereocenters. The molecule has 1 aromatic heterocycles. The fraction of sp³-hybridized carbons (Fsp3) is 0.600. The van der Waals surface area contributed by atoms with Crippen LogP contribution in [-0.4, -0.2) is 44.4 Å². The molecule has 23 heavy (non-hydrogen) atoms. The molecule has 0 saturated carbocycles. The molecule has 0 saturated heterocycles. The van der Waals surface area contributed by atoms with Crippen LogP contribution in [0.5, 0.6) is 0 Å². The van der Waals surface area contributed by atoms with Crippen LogP contribution in [0.2, 0.25) is 0 Å². The zero-order valence-corrected chi connectivity index (χ0v) is 14.6. The first-order valence-electron chi connectivity index (χ1n) is 7.53. The second-order valence-corrected chi connectivity index (χ2v) is 7.04. The Balaban J connectivity index is 2.50. The number of pyridine rings is 1. The average Bonchev–Trinajstić information content (AvgIpc) is 2.49. The zero-order valence-electron chi connectivity index (χ0n) is 13.7. The molecule has 0 aliphatic rings. The van der Waals surface area contributed by atoms with E-state index in [1.165, 1.54) is 12.3 Å². The molecule has 0 spiro atoms. The van der Waals surface area contributed by atoms with Gasteiger partial charge in [0.1, 0.15) is 0 Å². The van der Waals surface area contributed by atoms with Crippen molar-refractivity contribution in [2.75, 3.05) is 19.0 Å². The van der Waals surface area contributed by atoms with Gasteiger partial charge in [0.25, 0.3) is 5.91 Å². The molecule has 1 heterocycles. The van der Waals surface area contributed by atoms with E-state index < -0.39 is 15.9 Å². The number of amides is 1. The van der Waals surface area contributed by atoms with Crippen LogP contribution in [0.4, 0.5) is 0 Å². The Morgan fingerprint density at radius 3 is 2.65 bits per heavy atom. The Morgan fingerprint density at radius 1 is 1.35 bits per heavy atom. The Kier molecular flexibility index (Phi) is 8.15. The van der Waals surface area contributed by atoms with E-state index >= 15 is 0 Å². The molecule has 0 bridgehead atoms. The van der Waals surface area contributed by atoms with E-state index in [0.717, 1.165) is 0 Å². The molecule has 8 heteroatoms. The van der Waals surface area contributed by atoms with Gasteiger partial charge >= 0.3 is 0 Å². The van der Waals surface area contributed by atoms with Gasteiger partial charge in [0.05, 0.1) is 29.7 Å². The fourth-order valence-electron chi connectivity index (χ4n) is 1.67. The van der Waals surface area contributed by atoms with E-state index in [4.69, 9.17) is 9.47 Å². The first-order chi connectivity index (χ1) is 10.8. The van der Waals surface area contributed by atoms with E-state index in [1.54, 1.807) is 6.07 Å². The van der Waals surface area contributed by atoms with Crippen molar-refractivity contribution < 1.29 is 22.7 Å². The quantitative estimate of drug-likeness (QED) is 0.646. The lowest BCUT2D eigenvalue weighted by molar-refractivity contribution is 0.0796. The molecule has 1 rings (SSSR count). The van der Waals surface area contributed by atoms with E-state index in [9.17, 15) is 13.2 Å². The summed E-state index contributed by atoms with van der Waals surface area (Å²) in [6.07, 6.45) is 1.71. The number of hydrogen-bond acceptors (Lipinski definition) is 6. The van der Waals surface area contributed by atoms with Crippen molar-refractivity contribution in [3.05, 3.63) is 29.6 Å². The molecule has 0 aliphatic carbocycles. The zero-order chi connectivity index (χ0) is 17.3. The molecule has 0 radical (unpaired) electrons. The molecular formula is C15H24N2O5S. The maximum Gasteiger partial charge on any atom is 0.266 e. The van der Waals surface area contributed by atoms with Crippen molar-refractivity contribution in [3.63, 3.8) is 0 Å². The third-order valence-electron chi connectivity index (χ3n) is 2.80. The van der Waals surface area contributed by atoms with Gasteiger partial charge in [0.2, 0.25) is 10.0 Å².